The van der Waals surface area contributed by atoms with Gasteiger partial charge in [-0.25, -0.2) is 4.39 Å². The zero-order chi connectivity index (χ0) is 13.1. The molecule has 0 bridgehead atoms. The molecule has 0 aliphatic heterocycles. The minimum Gasteiger partial charge on any atom is -0.368 e. The smallest absolute Gasteiger partial charge is 0.168 e. The molecule has 0 fully saturated rings. The lowest BCUT2D eigenvalue weighted by atomic mass is 9.96. The van der Waals surface area contributed by atoms with Gasteiger partial charge in [0.15, 0.2) is 5.78 Å². The average Bonchev–Trinajstić information content (AvgIpc) is 2.24. The van der Waals surface area contributed by atoms with E-state index in [2.05, 4.69) is 0 Å². The Hall–Kier alpha value is -0.930. The third-order valence-corrected chi connectivity index (χ3v) is 2.98. The zero-order valence-electron chi connectivity index (χ0n) is 10.2. The van der Waals surface area contributed by atoms with Crippen LogP contribution in [-0.2, 0) is 16.0 Å². The third kappa shape index (κ3) is 3.51. The molecule has 0 saturated heterocycles. The fraction of sp³-hybridized carbons (Fsp3) is 0.462. The second-order valence-corrected chi connectivity index (χ2v) is 4.63. The van der Waals surface area contributed by atoms with E-state index in [0.717, 1.165) is 0 Å². The summed E-state index contributed by atoms with van der Waals surface area (Å²) >= 11 is 5.80. The summed E-state index contributed by atoms with van der Waals surface area (Å²) in [6.07, 6.45) is 0.0730. The molecule has 0 aliphatic carbocycles. The van der Waals surface area contributed by atoms with Crippen LogP contribution in [0.2, 0.25) is 5.02 Å². The molecule has 0 N–H and O–H groups in total. The highest BCUT2D eigenvalue weighted by Gasteiger charge is 2.28. The molecule has 0 unspecified atom stereocenters. The molecule has 0 aliphatic rings. The summed E-state index contributed by atoms with van der Waals surface area (Å²) < 4.78 is 18.5. The van der Waals surface area contributed by atoms with Crippen LogP contribution in [0.1, 0.15) is 26.3 Å². The highest BCUT2D eigenvalue weighted by molar-refractivity contribution is 6.31. The molecular weight excluding hydrogens is 243 g/mol. The highest BCUT2D eigenvalue weighted by atomic mass is 35.5. The Morgan fingerprint density at radius 1 is 1.47 bits per heavy atom. The molecule has 1 aromatic rings. The minimum absolute atomic E-state index is 0.00754. The topological polar surface area (TPSA) is 26.3 Å². The summed E-state index contributed by atoms with van der Waals surface area (Å²) in [5.74, 6) is -0.627. The van der Waals surface area contributed by atoms with E-state index in [0.29, 0.717) is 12.2 Å². The first-order chi connectivity index (χ1) is 7.88. The first-order valence-corrected chi connectivity index (χ1v) is 5.86. The first kappa shape index (κ1) is 14.1. The van der Waals surface area contributed by atoms with Crippen molar-refractivity contribution >= 4 is 17.4 Å². The molecule has 2 nitrogen and oxygen atoms in total. The molecule has 0 heterocycles. The van der Waals surface area contributed by atoms with Crippen molar-refractivity contribution in [3.05, 3.63) is 34.6 Å². The summed E-state index contributed by atoms with van der Waals surface area (Å²) in [6, 6.07) is 4.45. The number of rotatable bonds is 5. The average molecular weight is 259 g/mol. The summed E-state index contributed by atoms with van der Waals surface area (Å²) in [7, 11) is 0. The van der Waals surface area contributed by atoms with Crippen molar-refractivity contribution in [1.29, 1.82) is 0 Å². The Balaban J connectivity index is 2.85. The van der Waals surface area contributed by atoms with Gasteiger partial charge in [0.05, 0.1) is 5.02 Å². The van der Waals surface area contributed by atoms with Gasteiger partial charge in [0.1, 0.15) is 11.4 Å². The van der Waals surface area contributed by atoms with E-state index in [1.54, 1.807) is 19.9 Å². The van der Waals surface area contributed by atoms with Crippen LogP contribution in [0.25, 0.3) is 0 Å². The highest BCUT2D eigenvalue weighted by Crippen LogP contribution is 2.22. The van der Waals surface area contributed by atoms with Crippen LogP contribution in [0.15, 0.2) is 18.2 Å². The SMILES string of the molecule is CCOC(C)(C)C(=O)Cc1cccc(F)c1Cl. The van der Waals surface area contributed by atoms with E-state index in [1.165, 1.54) is 12.1 Å². The van der Waals surface area contributed by atoms with Crippen LogP contribution in [0.5, 0.6) is 0 Å². The van der Waals surface area contributed by atoms with E-state index in [1.807, 2.05) is 6.92 Å². The fourth-order valence-electron chi connectivity index (χ4n) is 1.51. The molecule has 0 spiro atoms. The van der Waals surface area contributed by atoms with E-state index in [-0.39, 0.29) is 17.2 Å². The van der Waals surface area contributed by atoms with Gasteiger partial charge in [-0.1, -0.05) is 23.7 Å². The predicted octanol–water partition coefficient (Wildman–Crippen LogP) is 3.41. The van der Waals surface area contributed by atoms with E-state index in [9.17, 15) is 9.18 Å². The molecule has 0 radical (unpaired) electrons. The maximum absolute atomic E-state index is 13.2. The number of carbonyl (C=O) groups excluding carboxylic acids is 1. The van der Waals surface area contributed by atoms with Crippen LogP contribution in [0.3, 0.4) is 0 Å². The number of Topliss-reactive ketones (excluding diaryl/α,β-unsaturated/α-hetero) is 1. The second kappa shape index (κ2) is 5.61. The Morgan fingerprint density at radius 2 is 2.12 bits per heavy atom. The Morgan fingerprint density at radius 3 is 2.71 bits per heavy atom. The van der Waals surface area contributed by atoms with Crippen LogP contribution in [0.4, 0.5) is 4.39 Å². The lowest BCUT2D eigenvalue weighted by molar-refractivity contribution is -0.139. The minimum atomic E-state index is -0.871. The fourth-order valence-corrected chi connectivity index (χ4v) is 1.70. The van der Waals surface area contributed by atoms with E-state index >= 15 is 0 Å². The molecule has 94 valence electrons. The zero-order valence-corrected chi connectivity index (χ0v) is 11.0. The number of hydrogen-bond donors (Lipinski definition) is 0. The normalized spacial score (nSPS) is 11.6. The Labute approximate surface area is 106 Å². The lowest BCUT2D eigenvalue weighted by Crippen LogP contribution is -2.36. The van der Waals surface area contributed by atoms with E-state index in [4.69, 9.17) is 16.3 Å². The van der Waals surface area contributed by atoms with Crippen LogP contribution in [0, 0.1) is 5.82 Å². The van der Waals surface area contributed by atoms with Gasteiger partial charge in [0, 0.05) is 13.0 Å². The quantitative estimate of drug-likeness (QED) is 0.809. The summed E-state index contributed by atoms with van der Waals surface area (Å²) in [6.45, 7) is 5.68. The number of ether oxygens (including phenoxy) is 1. The molecular formula is C13H16ClFO2. The van der Waals surface area contributed by atoms with Crippen molar-refractivity contribution in [2.24, 2.45) is 0 Å². The predicted molar refractivity (Wildman–Crippen MR) is 65.8 cm³/mol. The Kier molecular flexibility index (Phi) is 4.66. The third-order valence-electron chi connectivity index (χ3n) is 2.56. The molecule has 4 heteroatoms. The summed E-state index contributed by atoms with van der Waals surface area (Å²) in [4.78, 5) is 12.0. The molecule has 0 atom stereocenters. The van der Waals surface area contributed by atoms with Crippen molar-refractivity contribution in [3.8, 4) is 0 Å². The van der Waals surface area contributed by atoms with Crippen molar-refractivity contribution < 1.29 is 13.9 Å². The van der Waals surface area contributed by atoms with Crippen molar-refractivity contribution in [1.82, 2.24) is 0 Å². The largest absolute Gasteiger partial charge is 0.368 e. The van der Waals surface area contributed by atoms with Gasteiger partial charge in [-0.05, 0) is 32.4 Å². The maximum atomic E-state index is 13.2. The van der Waals surface area contributed by atoms with Gasteiger partial charge in [0.2, 0.25) is 0 Å². The van der Waals surface area contributed by atoms with E-state index < -0.39 is 11.4 Å². The number of ketones is 1. The van der Waals surface area contributed by atoms with Gasteiger partial charge < -0.3 is 4.74 Å². The molecule has 0 saturated carbocycles. The van der Waals surface area contributed by atoms with Gasteiger partial charge in [-0.15, -0.1) is 0 Å². The van der Waals surface area contributed by atoms with Crippen LogP contribution >= 0.6 is 11.6 Å². The summed E-state index contributed by atoms with van der Waals surface area (Å²) in [5, 5.41) is 0.00754. The van der Waals surface area contributed by atoms with Crippen LogP contribution < -0.4 is 0 Å². The molecule has 17 heavy (non-hydrogen) atoms. The van der Waals surface area contributed by atoms with Crippen molar-refractivity contribution in [2.45, 2.75) is 32.8 Å². The van der Waals surface area contributed by atoms with Gasteiger partial charge >= 0.3 is 0 Å². The number of benzene rings is 1. The lowest BCUT2D eigenvalue weighted by Gasteiger charge is -2.23. The first-order valence-electron chi connectivity index (χ1n) is 5.48. The second-order valence-electron chi connectivity index (χ2n) is 4.26. The summed E-state index contributed by atoms with van der Waals surface area (Å²) in [5.41, 5.74) is -0.380. The number of carbonyl (C=O) groups is 1. The maximum Gasteiger partial charge on any atom is 0.168 e. The van der Waals surface area contributed by atoms with Crippen molar-refractivity contribution in [3.63, 3.8) is 0 Å². The standard InChI is InChI=1S/C13H16ClFO2/c1-4-17-13(2,3)11(16)8-9-6-5-7-10(15)12(9)14/h5-7H,4,8H2,1-3H3. The Bertz CT molecular complexity index is 416. The van der Waals surface area contributed by atoms with Gasteiger partial charge in [-0.2, -0.15) is 0 Å². The molecule has 0 amide bonds. The van der Waals surface area contributed by atoms with Crippen LogP contribution in [-0.4, -0.2) is 18.0 Å². The monoisotopic (exact) mass is 258 g/mol. The molecule has 1 aromatic carbocycles. The van der Waals surface area contributed by atoms with Gasteiger partial charge in [-0.3, -0.25) is 4.79 Å². The molecule has 1 rings (SSSR count). The van der Waals surface area contributed by atoms with Gasteiger partial charge in [0.25, 0.3) is 0 Å². The number of halogens is 2. The van der Waals surface area contributed by atoms with Crippen molar-refractivity contribution in [2.75, 3.05) is 6.61 Å². The number of hydrogen-bond acceptors (Lipinski definition) is 2. The molecule has 0 aromatic heterocycles.